The monoisotopic (exact) mass is 546 g/mol. The van der Waals surface area contributed by atoms with Gasteiger partial charge in [0.05, 0.1) is 21.3 Å². The molecule has 2 aliphatic carbocycles. The number of methoxy groups -OCH3 is 3. The summed E-state index contributed by atoms with van der Waals surface area (Å²) in [7, 11) is 6.46. The number of Topliss-reactive ketones (excluding diaryl/α,β-unsaturated/α-hetero) is 1. The van der Waals surface area contributed by atoms with Gasteiger partial charge in [0.2, 0.25) is 0 Å². The first kappa shape index (κ1) is 26.4. The molecular weight excluding hydrogens is 512 g/mol. The van der Waals surface area contributed by atoms with E-state index < -0.39 is 23.4 Å². The third-order valence-corrected chi connectivity index (χ3v) is 9.34. The van der Waals surface area contributed by atoms with Crippen LogP contribution in [0.4, 0.5) is 0 Å². The number of ketones is 1. The molecule has 210 valence electrons. The van der Waals surface area contributed by atoms with Gasteiger partial charge in [0.15, 0.2) is 29.1 Å². The van der Waals surface area contributed by atoms with Crippen molar-refractivity contribution < 1.29 is 33.7 Å². The Morgan fingerprint density at radius 1 is 1.18 bits per heavy atom. The highest BCUT2D eigenvalue weighted by atomic mass is 16.6. The molecule has 40 heavy (non-hydrogen) atoms. The number of likely N-dealkylation sites (N-methyl/N-ethyl adjacent to an activating group) is 1. The maximum Gasteiger partial charge on any atom is 0.319 e. The number of nitrogens with zero attached hydrogens (tertiary/aromatic N) is 2. The number of carbonyl (C=O) groups is 2. The fourth-order valence-electron chi connectivity index (χ4n) is 7.31. The van der Waals surface area contributed by atoms with E-state index in [4.69, 9.17) is 19.0 Å². The molecule has 5 atom stereocenters. The molecule has 2 aromatic rings. The van der Waals surface area contributed by atoms with Crippen molar-refractivity contribution >= 4 is 17.5 Å². The Bertz CT molecular complexity index is 1450. The number of oxime groups is 1. The minimum atomic E-state index is -0.827. The molecule has 1 unspecified atom stereocenters. The predicted molar refractivity (Wildman–Crippen MR) is 146 cm³/mol. The van der Waals surface area contributed by atoms with Crippen LogP contribution in [0.1, 0.15) is 46.8 Å². The molecular formula is C31H34N2O7. The number of hydrogen-bond donors (Lipinski definition) is 1. The van der Waals surface area contributed by atoms with Gasteiger partial charge in [-0.2, -0.15) is 0 Å². The number of likely N-dealkylation sites (tertiary alicyclic amines) is 1. The largest absolute Gasteiger partial charge is 0.504 e. The first-order valence-corrected chi connectivity index (χ1v) is 13.5. The normalized spacial score (nSPS) is 29.0. The molecule has 0 amide bonds. The van der Waals surface area contributed by atoms with Crippen molar-refractivity contribution in [2.45, 2.75) is 43.7 Å². The first-order chi connectivity index (χ1) is 19.2. The summed E-state index contributed by atoms with van der Waals surface area (Å²) in [6, 6.07) is 9.56. The third-order valence-electron chi connectivity index (χ3n) is 9.34. The van der Waals surface area contributed by atoms with Gasteiger partial charge < -0.3 is 29.1 Å². The molecule has 4 aliphatic rings. The predicted octanol–water partition coefficient (Wildman–Crippen LogP) is 3.59. The average molecular weight is 547 g/mol. The molecule has 1 saturated heterocycles. The lowest BCUT2D eigenvalue weighted by Gasteiger charge is -2.57. The average Bonchev–Trinajstić information content (AvgIpc) is 3.39. The van der Waals surface area contributed by atoms with Crippen molar-refractivity contribution in [2.24, 2.45) is 17.0 Å². The van der Waals surface area contributed by atoms with Gasteiger partial charge >= 0.3 is 5.97 Å². The first-order valence-electron chi connectivity index (χ1n) is 13.5. The minimum absolute atomic E-state index is 0.0311. The van der Waals surface area contributed by atoms with E-state index >= 15 is 0 Å². The zero-order valence-corrected chi connectivity index (χ0v) is 23.4. The van der Waals surface area contributed by atoms with Crippen LogP contribution in [0.5, 0.6) is 11.5 Å². The Balaban J connectivity index is 1.55. The molecule has 0 spiro atoms. The number of benzene rings is 2. The summed E-state index contributed by atoms with van der Waals surface area (Å²) in [5.41, 5.74) is 3.98. The van der Waals surface area contributed by atoms with E-state index in [-0.39, 0.29) is 35.7 Å². The molecule has 0 saturated carbocycles. The summed E-state index contributed by atoms with van der Waals surface area (Å²) >= 11 is 0. The number of aromatic hydroxyl groups is 1. The van der Waals surface area contributed by atoms with E-state index in [1.807, 2.05) is 37.3 Å². The number of carbonyl (C=O) groups excluding carboxylic acids is 2. The summed E-state index contributed by atoms with van der Waals surface area (Å²) in [6.45, 7) is 2.77. The van der Waals surface area contributed by atoms with E-state index in [0.29, 0.717) is 35.4 Å². The van der Waals surface area contributed by atoms with E-state index in [1.165, 1.54) is 21.3 Å². The van der Waals surface area contributed by atoms with Gasteiger partial charge in [-0.1, -0.05) is 35.0 Å². The van der Waals surface area contributed by atoms with E-state index in [1.54, 1.807) is 6.07 Å². The van der Waals surface area contributed by atoms with Gasteiger partial charge in [0.25, 0.3) is 0 Å². The van der Waals surface area contributed by atoms with Crippen molar-refractivity contribution in [1.29, 1.82) is 0 Å². The molecule has 9 heteroatoms. The van der Waals surface area contributed by atoms with Crippen LogP contribution in [-0.2, 0) is 35.7 Å². The number of hydrogen-bond acceptors (Lipinski definition) is 9. The zero-order chi connectivity index (χ0) is 28.3. The molecule has 2 heterocycles. The van der Waals surface area contributed by atoms with Crippen molar-refractivity contribution in [2.75, 3.05) is 34.9 Å². The molecule has 6 rings (SSSR count). The number of rotatable bonds is 5. The molecule has 0 aromatic heterocycles. The van der Waals surface area contributed by atoms with Gasteiger partial charge in [0, 0.05) is 40.5 Å². The zero-order valence-electron chi connectivity index (χ0n) is 23.4. The number of fused-ring (bicyclic) bond motifs is 1. The number of aryl methyl sites for hydroxylation is 1. The van der Waals surface area contributed by atoms with Crippen LogP contribution in [0.3, 0.4) is 0 Å². The number of esters is 1. The van der Waals surface area contributed by atoms with E-state index in [9.17, 15) is 14.7 Å². The fraction of sp³-hybridized carbons (Fsp3) is 0.452. The van der Waals surface area contributed by atoms with Crippen molar-refractivity contribution in [3.8, 4) is 11.5 Å². The summed E-state index contributed by atoms with van der Waals surface area (Å²) < 4.78 is 16.4. The summed E-state index contributed by atoms with van der Waals surface area (Å²) in [5, 5.41) is 16.0. The highest BCUT2D eigenvalue weighted by Crippen LogP contribution is 2.59. The molecule has 2 aromatic carbocycles. The Morgan fingerprint density at radius 3 is 2.60 bits per heavy atom. The van der Waals surface area contributed by atoms with Crippen molar-refractivity contribution in [3.05, 3.63) is 70.0 Å². The number of phenols is 1. The van der Waals surface area contributed by atoms with Crippen LogP contribution in [0.15, 0.2) is 47.3 Å². The molecule has 1 fully saturated rings. The Hall–Kier alpha value is -3.85. The number of ether oxygens (including phenoxy) is 3. The van der Waals surface area contributed by atoms with Crippen LogP contribution in [0, 0.1) is 18.8 Å². The second-order valence-corrected chi connectivity index (χ2v) is 11.3. The highest BCUT2D eigenvalue weighted by Gasteiger charge is 2.58. The summed E-state index contributed by atoms with van der Waals surface area (Å²) in [5.74, 6) is -0.759. The van der Waals surface area contributed by atoms with Crippen LogP contribution in [0.25, 0.3) is 0 Å². The number of allylic oxidation sites excluding steroid dienone is 1. The van der Waals surface area contributed by atoms with Crippen LogP contribution >= 0.6 is 0 Å². The quantitative estimate of drug-likeness (QED) is 0.567. The molecule has 2 bridgehead atoms. The fourth-order valence-corrected chi connectivity index (χ4v) is 7.31. The molecule has 9 nitrogen and oxygen atoms in total. The summed E-state index contributed by atoms with van der Waals surface area (Å²) in [4.78, 5) is 34.9. The lowest BCUT2D eigenvalue weighted by atomic mass is 9.53. The van der Waals surface area contributed by atoms with Gasteiger partial charge in [-0.3, -0.25) is 9.59 Å². The minimum Gasteiger partial charge on any atom is -0.504 e. The van der Waals surface area contributed by atoms with Crippen LogP contribution in [-0.4, -0.2) is 68.4 Å². The van der Waals surface area contributed by atoms with E-state index in [0.717, 1.165) is 23.2 Å². The van der Waals surface area contributed by atoms with Crippen LogP contribution < -0.4 is 4.74 Å². The summed E-state index contributed by atoms with van der Waals surface area (Å²) in [6.07, 6.45) is 2.62. The maximum absolute atomic E-state index is 13.3. The highest BCUT2D eigenvalue weighted by molar-refractivity contribution is 6.13. The Morgan fingerprint density at radius 2 is 1.93 bits per heavy atom. The Labute approximate surface area is 233 Å². The maximum atomic E-state index is 13.3. The standard InChI is InChI=1S/C31H34N2O7/c1-16-6-8-17(9-7-16)27-25(30(36)39-5)29(40-32-27)19-13-24(38-4)28(35)26-18(19)12-21-20-14-23(37-3)22(34)15-31(20,26)10-11-33(21)2/h6-9,13-14,20-21,25,29,35H,10-12,15H2,1-5H3/t20?,21-,25+,29-,31+/m0/s1. The van der Waals surface area contributed by atoms with Crippen LogP contribution in [0.2, 0.25) is 0 Å². The molecule has 1 N–H and O–H groups in total. The molecule has 0 radical (unpaired) electrons. The SMILES string of the molecule is COC(=O)[C@@H]1C(c2ccc(C)cc2)=NO[C@H]1c1cc(OC)c(O)c2c1C[C@H]1C3C=C(OC)C(=O)C[C@@]23CCN1C. The van der Waals surface area contributed by atoms with E-state index in [2.05, 4.69) is 17.1 Å². The number of piperidine rings is 1. The Kier molecular flexibility index (Phi) is 6.37. The van der Waals surface area contributed by atoms with Crippen molar-refractivity contribution in [1.82, 2.24) is 4.90 Å². The van der Waals surface area contributed by atoms with Gasteiger partial charge in [0.1, 0.15) is 11.6 Å². The third kappa shape index (κ3) is 3.74. The second kappa shape index (κ2) is 9.66. The second-order valence-electron chi connectivity index (χ2n) is 11.3. The topological polar surface area (TPSA) is 107 Å². The smallest absolute Gasteiger partial charge is 0.319 e. The van der Waals surface area contributed by atoms with Gasteiger partial charge in [-0.25, -0.2) is 0 Å². The lowest BCUT2D eigenvalue weighted by molar-refractivity contribution is -0.146. The molecule has 2 aliphatic heterocycles. The number of phenolic OH excluding ortho intramolecular Hbond substituents is 1. The van der Waals surface area contributed by atoms with Gasteiger partial charge in [-0.15, -0.1) is 0 Å². The van der Waals surface area contributed by atoms with Crippen molar-refractivity contribution in [3.63, 3.8) is 0 Å². The lowest BCUT2D eigenvalue weighted by Crippen LogP contribution is -2.60. The van der Waals surface area contributed by atoms with Gasteiger partial charge in [-0.05, 0) is 51.1 Å².